The van der Waals surface area contributed by atoms with E-state index in [-0.39, 0.29) is 5.91 Å². The van der Waals surface area contributed by atoms with Crippen LogP contribution >= 0.6 is 0 Å². The summed E-state index contributed by atoms with van der Waals surface area (Å²) < 4.78 is 0. The normalized spacial score (nSPS) is 18.3. The van der Waals surface area contributed by atoms with Crippen LogP contribution in [0, 0.1) is 5.92 Å². The molecule has 4 heteroatoms. The second kappa shape index (κ2) is 8.15. The molecule has 0 radical (unpaired) electrons. The Hall–Kier alpha value is -1.39. The van der Waals surface area contributed by atoms with Gasteiger partial charge in [0.15, 0.2) is 0 Å². The van der Waals surface area contributed by atoms with Gasteiger partial charge in [0.05, 0.1) is 6.42 Å². The maximum Gasteiger partial charge on any atom is 0.227 e. The van der Waals surface area contributed by atoms with Crippen LogP contribution in [0.5, 0.6) is 0 Å². The average Bonchev–Trinajstić information content (AvgIpc) is 2.74. The lowest BCUT2D eigenvalue weighted by atomic mass is 10.1. The van der Waals surface area contributed by atoms with Crippen LogP contribution in [0.2, 0.25) is 0 Å². The van der Waals surface area contributed by atoms with Gasteiger partial charge in [0.25, 0.3) is 0 Å². The molecular weight excluding hydrogens is 262 g/mol. The number of hydrogen-bond donors (Lipinski definition) is 1. The van der Waals surface area contributed by atoms with Gasteiger partial charge in [-0.25, -0.2) is 0 Å². The Morgan fingerprint density at radius 2 is 1.95 bits per heavy atom. The smallest absolute Gasteiger partial charge is 0.227 e. The van der Waals surface area contributed by atoms with Gasteiger partial charge in [0.2, 0.25) is 5.91 Å². The Kier molecular flexibility index (Phi) is 6.21. The maximum absolute atomic E-state index is 12.4. The van der Waals surface area contributed by atoms with Crippen LogP contribution in [0.25, 0.3) is 0 Å². The predicted octanol–water partition coefficient (Wildman–Crippen LogP) is 1.36. The summed E-state index contributed by atoms with van der Waals surface area (Å²) in [5, 5.41) is 0. The first kappa shape index (κ1) is 16.0. The summed E-state index contributed by atoms with van der Waals surface area (Å²) in [6.07, 6.45) is 1.57. The molecule has 1 saturated heterocycles. The first-order valence-electron chi connectivity index (χ1n) is 7.93. The van der Waals surface area contributed by atoms with Crippen molar-refractivity contribution in [3.8, 4) is 0 Å². The molecule has 0 aliphatic carbocycles. The molecular formula is C17H27N3O. The van der Waals surface area contributed by atoms with Crippen molar-refractivity contribution in [2.45, 2.75) is 19.8 Å². The molecule has 0 bridgehead atoms. The second-order valence-electron chi connectivity index (χ2n) is 6.04. The van der Waals surface area contributed by atoms with Crippen molar-refractivity contribution in [2.24, 2.45) is 11.7 Å². The molecule has 0 spiro atoms. The fourth-order valence-electron chi connectivity index (χ4n) is 2.80. The van der Waals surface area contributed by atoms with Gasteiger partial charge in [-0.2, -0.15) is 0 Å². The zero-order valence-corrected chi connectivity index (χ0v) is 13.0. The third-order valence-electron chi connectivity index (χ3n) is 4.11. The van der Waals surface area contributed by atoms with Gasteiger partial charge < -0.3 is 15.5 Å². The molecule has 0 aromatic heterocycles. The van der Waals surface area contributed by atoms with Gasteiger partial charge in [0.1, 0.15) is 0 Å². The zero-order valence-electron chi connectivity index (χ0n) is 13.0. The van der Waals surface area contributed by atoms with Crippen molar-refractivity contribution < 1.29 is 4.79 Å². The largest absolute Gasteiger partial charge is 0.341 e. The lowest BCUT2D eigenvalue weighted by molar-refractivity contribution is -0.130. The molecule has 1 amide bonds. The van der Waals surface area contributed by atoms with E-state index in [0.717, 1.165) is 51.3 Å². The number of rotatable bonds is 5. The van der Waals surface area contributed by atoms with E-state index in [9.17, 15) is 4.79 Å². The fraction of sp³-hybridized carbons (Fsp3) is 0.588. The van der Waals surface area contributed by atoms with E-state index >= 15 is 0 Å². The summed E-state index contributed by atoms with van der Waals surface area (Å²) >= 11 is 0. The first-order valence-corrected chi connectivity index (χ1v) is 7.93. The summed E-state index contributed by atoms with van der Waals surface area (Å²) in [6, 6.07) is 9.99. The minimum atomic E-state index is 0.245. The summed E-state index contributed by atoms with van der Waals surface area (Å²) in [4.78, 5) is 16.8. The predicted molar refractivity (Wildman–Crippen MR) is 86.0 cm³/mol. The highest BCUT2D eigenvalue weighted by molar-refractivity contribution is 5.78. The summed E-state index contributed by atoms with van der Waals surface area (Å²) in [5.74, 6) is 0.770. The molecule has 1 aromatic carbocycles. The highest BCUT2D eigenvalue weighted by Crippen LogP contribution is 2.09. The van der Waals surface area contributed by atoms with Crippen molar-refractivity contribution in [3.05, 3.63) is 35.9 Å². The van der Waals surface area contributed by atoms with Crippen LogP contribution in [0.3, 0.4) is 0 Å². The molecule has 1 aliphatic heterocycles. The molecule has 2 rings (SSSR count). The third kappa shape index (κ3) is 5.14. The van der Waals surface area contributed by atoms with Gasteiger partial charge in [-0.1, -0.05) is 37.3 Å². The topological polar surface area (TPSA) is 49.6 Å². The molecule has 21 heavy (non-hydrogen) atoms. The number of hydrogen-bond acceptors (Lipinski definition) is 3. The van der Waals surface area contributed by atoms with E-state index < -0.39 is 0 Å². The Balaban J connectivity index is 1.83. The number of amides is 1. The van der Waals surface area contributed by atoms with Crippen LogP contribution in [0.15, 0.2) is 30.3 Å². The molecule has 116 valence electrons. The molecule has 1 fully saturated rings. The lowest BCUT2D eigenvalue weighted by Crippen LogP contribution is -2.37. The minimum absolute atomic E-state index is 0.245. The van der Waals surface area contributed by atoms with Crippen molar-refractivity contribution in [3.63, 3.8) is 0 Å². The Morgan fingerprint density at radius 3 is 2.67 bits per heavy atom. The monoisotopic (exact) mass is 289 g/mol. The number of benzene rings is 1. The highest BCUT2D eigenvalue weighted by atomic mass is 16.2. The molecule has 1 aliphatic rings. The number of carbonyl (C=O) groups excluding carboxylic acids is 1. The van der Waals surface area contributed by atoms with E-state index in [1.807, 2.05) is 35.2 Å². The van der Waals surface area contributed by atoms with Gasteiger partial charge in [-0.15, -0.1) is 0 Å². The number of carbonyl (C=O) groups is 1. The molecule has 2 N–H and O–H groups in total. The van der Waals surface area contributed by atoms with Crippen LogP contribution in [-0.2, 0) is 11.2 Å². The van der Waals surface area contributed by atoms with Gasteiger partial charge in [0, 0.05) is 26.2 Å². The van der Waals surface area contributed by atoms with Crippen molar-refractivity contribution in [2.75, 3.05) is 39.3 Å². The molecule has 1 atom stereocenters. The van der Waals surface area contributed by atoms with Crippen molar-refractivity contribution in [1.82, 2.24) is 9.80 Å². The Labute approximate surface area is 127 Å². The van der Waals surface area contributed by atoms with E-state index in [1.54, 1.807) is 0 Å². The molecule has 1 unspecified atom stereocenters. The summed E-state index contributed by atoms with van der Waals surface area (Å²) in [7, 11) is 0. The van der Waals surface area contributed by atoms with E-state index in [4.69, 9.17) is 5.73 Å². The maximum atomic E-state index is 12.4. The van der Waals surface area contributed by atoms with Crippen molar-refractivity contribution in [1.29, 1.82) is 0 Å². The second-order valence-corrected chi connectivity index (χ2v) is 6.04. The van der Waals surface area contributed by atoms with Crippen LogP contribution in [0.1, 0.15) is 18.9 Å². The lowest BCUT2D eigenvalue weighted by Gasteiger charge is -2.24. The van der Waals surface area contributed by atoms with Crippen molar-refractivity contribution >= 4 is 5.91 Å². The van der Waals surface area contributed by atoms with E-state index in [1.165, 1.54) is 0 Å². The van der Waals surface area contributed by atoms with Crippen LogP contribution < -0.4 is 5.73 Å². The number of nitrogens with zero attached hydrogens (tertiary/aromatic N) is 2. The number of nitrogens with two attached hydrogens (primary N) is 1. The van der Waals surface area contributed by atoms with E-state index in [0.29, 0.717) is 12.3 Å². The quantitative estimate of drug-likeness (QED) is 0.890. The SMILES string of the molecule is CC(CN)CN1CCCN(C(=O)Cc2ccccc2)CC1. The highest BCUT2D eigenvalue weighted by Gasteiger charge is 2.19. The average molecular weight is 289 g/mol. The third-order valence-corrected chi connectivity index (χ3v) is 4.11. The Bertz CT molecular complexity index is 435. The fourth-order valence-corrected chi connectivity index (χ4v) is 2.80. The van der Waals surface area contributed by atoms with E-state index in [2.05, 4.69) is 11.8 Å². The molecule has 4 nitrogen and oxygen atoms in total. The van der Waals surface area contributed by atoms with Gasteiger partial charge in [-0.05, 0) is 31.0 Å². The minimum Gasteiger partial charge on any atom is -0.341 e. The Morgan fingerprint density at radius 1 is 1.19 bits per heavy atom. The first-order chi connectivity index (χ1) is 10.2. The van der Waals surface area contributed by atoms with Gasteiger partial charge in [-0.3, -0.25) is 4.79 Å². The zero-order chi connectivity index (χ0) is 15.1. The molecule has 1 aromatic rings. The summed E-state index contributed by atoms with van der Waals surface area (Å²) in [5.41, 5.74) is 6.80. The van der Waals surface area contributed by atoms with Crippen LogP contribution in [-0.4, -0.2) is 55.0 Å². The standard InChI is InChI=1S/C17H27N3O/c1-15(13-18)14-19-8-5-9-20(11-10-19)17(21)12-16-6-3-2-4-7-16/h2-4,6-7,15H,5,8-14,18H2,1H3. The van der Waals surface area contributed by atoms with Crippen LogP contribution in [0.4, 0.5) is 0 Å². The molecule has 0 saturated carbocycles. The summed E-state index contributed by atoms with van der Waals surface area (Å²) in [6.45, 7) is 7.69. The van der Waals surface area contributed by atoms with Gasteiger partial charge >= 0.3 is 0 Å². The molecule has 1 heterocycles.